The molecule has 64 valence electrons. The second kappa shape index (κ2) is 8.62. The minimum atomic E-state index is -1.23. The van der Waals surface area contributed by atoms with Crippen molar-refractivity contribution < 1.29 is 11.9 Å². The highest BCUT2D eigenvalue weighted by Gasteiger charge is 2.08. The Morgan fingerprint density at radius 1 is 1.18 bits per heavy atom. The molecule has 0 aliphatic heterocycles. The first-order valence-corrected chi connectivity index (χ1v) is 4.89. The zero-order chi connectivity index (χ0) is 8.53. The van der Waals surface area contributed by atoms with E-state index >= 15 is 0 Å². The van der Waals surface area contributed by atoms with Crippen LogP contribution in [0.25, 0.3) is 0 Å². The van der Waals surface area contributed by atoms with Crippen molar-refractivity contribution in [1.82, 2.24) is 0 Å². The molecule has 3 nitrogen and oxygen atoms in total. The summed E-state index contributed by atoms with van der Waals surface area (Å²) in [7, 11) is -1.23. The first-order chi connectivity index (χ1) is 5.35. The maximum Gasteiger partial charge on any atom is 0.343 e. The Hall–Kier alpha value is 0.520. The van der Waals surface area contributed by atoms with Gasteiger partial charge in [0.15, 0.2) is 0 Å². The topological polar surface area (TPSA) is 27.7 Å². The van der Waals surface area contributed by atoms with Crippen molar-refractivity contribution in [2.45, 2.75) is 0 Å². The Labute approximate surface area is 82.1 Å². The molecule has 0 aromatic rings. The summed E-state index contributed by atoms with van der Waals surface area (Å²) in [5.41, 5.74) is 0. The average molecular weight is 288 g/mol. The van der Waals surface area contributed by atoms with E-state index in [1.165, 1.54) is 0 Å². The van der Waals surface area contributed by atoms with Crippen LogP contribution in [0.1, 0.15) is 0 Å². The van der Waals surface area contributed by atoms with Crippen molar-refractivity contribution in [1.29, 1.82) is 0 Å². The molecule has 0 rings (SSSR count). The highest BCUT2D eigenvalue weighted by Crippen LogP contribution is 2.41. The van der Waals surface area contributed by atoms with Crippen molar-refractivity contribution >= 4 is 31.6 Å². The van der Waals surface area contributed by atoms with E-state index in [1.54, 1.807) is 35.2 Å². The van der Waals surface area contributed by atoms with E-state index in [2.05, 4.69) is 13.2 Å². The lowest BCUT2D eigenvalue weighted by Crippen LogP contribution is -1.90. The molecule has 0 unspecified atom stereocenters. The summed E-state index contributed by atoms with van der Waals surface area (Å²) in [5.74, 6) is 0. The zero-order valence-corrected chi connectivity index (χ0v) is 9.08. The largest absolute Gasteiger partial charge is 0.343 e. The van der Waals surface area contributed by atoms with E-state index in [0.717, 1.165) is 0 Å². The molecule has 0 radical (unpaired) electrons. The number of halogens is 1. The van der Waals surface area contributed by atoms with Gasteiger partial charge in [0.2, 0.25) is 0 Å². The molecule has 11 heavy (non-hydrogen) atoms. The molecule has 0 amide bonds. The van der Waals surface area contributed by atoms with Crippen LogP contribution in [0.15, 0.2) is 25.3 Å². The van der Waals surface area contributed by atoms with E-state index in [-0.39, 0.29) is 0 Å². The molecule has 0 saturated carbocycles. The van der Waals surface area contributed by atoms with Gasteiger partial charge in [-0.3, -0.25) is 0 Å². The van der Waals surface area contributed by atoms with E-state index < -0.39 is 8.60 Å². The third-order valence-electron chi connectivity index (χ3n) is 0.652. The minimum Gasteiger partial charge on any atom is -0.308 e. The van der Waals surface area contributed by atoms with Gasteiger partial charge in [-0.1, -0.05) is 12.2 Å². The average Bonchev–Trinajstić information content (AvgIpc) is 2.05. The molecule has 0 atom stereocenters. The lowest BCUT2D eigenvalue weighted by Gasteiger charge is -2.09. The van der Waals surface area contributed by atoms with Crippen LogP contribution in [0, 0.1) is 0 Å². The minimum absolute atomic E-state index is 0.436. The fraction of sp³-hybridized carbons (Fsp3) is 0.333. The summed E-state index contributed by atoms with van der Waals surface area (Å²) in [5, 5.41) is 0. The summed E-state index contributed by atoms with van der Waals surface area (Å²) in [6.45, 7) is 7.87. The monoisotopic (exact) mass is 288 g/mol. The molecule has 0 spiro atoms. The zero-order valence-electron chi connectivity index (χ0n) is 6.03. The van der Waals surface area contributed by atoms with E-state index in [0.29, 0.717) is 13.2 Å². The summed E-state index contributed by atoms with van der Waals surface area (Å²) in [4.78, 5) is 0. The standard InChI is InChI=1S/C6H10IO3P/c1-3-5-8-11(10-7)9-6-4-2/h3-4H,1-2,5-6H2. The summed E-state index contributed by atoms with van der Waals surface area (Å²) >= 11 is 1.74. The van der Waals surface area contributed by atoms with E-state index in [9.17, 15) is 0 Å². The van der Waals surface area contributed by atoms with Crippen LogP contribution in [0.4, 0.5) is 0 Å². The van der Waals surface area contributed by atoms with Crippen LogP contribution in [-0.4, -0.2) is 13.2 Å². The van der Waals surface area contributed by atoms with E-state index in [1.807, 2.05) is 0 Å². The van der Waals surface area contributed by atoms with Crippen molar-refractivity contribution in [3.8, 4) is 0 Å². The Morgan fingerprint density at radius 3 is 1.91 bits per heavy atom. The number of hydrogen-bond acceptors (Lipinski definition) is 3. The van der Waals surface area contributed by atoms with Gasteiger partial charge in [0.1, 0.15) is 23.0 Å². The normalized spacial score (nSPS) is 10.0. The van der Waals surface area contributed by atoms with Crippen LogP contribution in [0.3, 0.4) is 0 Å². The van der Waals surface area contributed by atoms with Gasteiger partial charge in [0, 0.05) is 0 Å². The van der Waals surface area contributed by atoms with Crippen molar-refractivity contribution in [3.05, 3.63) is 25.3 Å². The molecule has 0 aliphatic rings. The third-order valence-corrected chi connectivity index (χ3v) is 2.45. The number of rotatable bonds is 7. The SMILES string of the molecule is C=CCOP(OI)OCC=C. The van der Waals surface area contributed by atoms with Crippen LogP contribution >= 0.6 is 31.6 Å². The fourth-order valence-corrected chi connectivity index (χ4v) is 1.59. The predicted octanol–water partition coefficient (Wildman–Crippen LogP) is 2.99. The maximum absolute atomic E-state index is 5.09. The number of hydrogen-bond donors (Lipinski definition) is 0. The Morgan fingerprint density at radius 2 is 1.64 bits per heavy atom. The van der Waals surface area contributed by atoms with Crippen molar-refractivity contribution in [2.75, 3.05) is 13.2 Å². The summed E-state index contributed by atoms with van der Waals surface area (Å²) in [6.07, 6.45) is 3.28. The predicted molar refractivity (Wildman–Crippen MR) is 54.3 cm³/mol. The lowest BCUT2D eigenvalue weighted by atomic mass is 10.7. The summed E-state index contributed by atoms with van der Waals surface area (Å²) < 4.78 is 15.0. The van der Waals surface area contributed by atoms with Gasteiger partial charge in [0.05, 0.1) is 13.2 Å². The Bertz CT molecular complexity index is 108. The molecule has 5 heteroatoms. The lowest BCUT2D eigenvalue weighted by molar-refractivity contribution is 0.253. The molecule has 0 heterocycles. The highest BCUT2D eigenvalue weighted by molar-refractivity contribution is 14.1. The molecule has 0 bridgehead atoms. The van der Waals surface area contributed by atoms with Crippen LogP contribution in [0.5, 0.6) is 0 Å². The van der Waals surface area contributed by atoms with Gasteiger partial charge in [-0.15, -0.1) is 13.2 Å². The van der Waals surface area contributed by atoms with Crippen molar-refractivity contribution in [3.63, 3.8) is 0 Å². The second-order valence-corrected chi connectivity index (χ2v) is 3.74. The van der Waals surface area contributed by atoms with Gasteiger partial charge >= 0.3 is 8.60 Å². The van der Waals surface area contributed by atoms with Gasteiger partial charge in [-0.25, -0.2) is 2.85 Å². The molecule has 0 saturated heterocycles. The smallest absolute Gasteiger partial charge is 0.308 e. The molecule has 0 aliphatic carbocycles. The first kappa shape index (κ1) is 11.5. The molecule has 0 aromatic heterocycles. The van der Waals surface area contributed by atoms with Gasteiger partial charge in [0.25, 0.3) is 0 Å². The Balaban J connectivity index is 3.39. The Kier molecular flexibility index (Phi) is 9.02. The van der Waals surface area contributed by atoms with Crippen LogP contribution < -0.4 is 0 Å². The maximum atomic E-state index is 5.09. The third kappa shape index (κ3) is 6.90. The van der Waals surface area contributed by atoms with Gasteiger partial charge in [-0.05, 0) is 0 Å². The van der Waals surface area contributed by atoms with Crippen molar-refractivity contribution in [2.24, 2.45) is 0 Å². The summed E-state index contributed by atoms with van der Waals surface area (Å²) in [6, 6.07) is 0. The molecule has 0 N–H and O–H groups in total. The molecular formula is C6H10IO3P. The molecule has 0 aromatic carbocycles. The quantitative estimate of drug-likeness (QED) is 0.409. The van der Waals surface area contributed by atoms with Gasteiger partial charge in [-0.2, -0.15) is 0 Å². The molecular weight excluding hydrogens is 278 g/mol. The van der Waals surface area contributed by atoms with Gasteiger partial charge < -0.3 is 9.05 Å². The highest BCUT2D eigenvalue weighted by atomic mass is 127. The van der Waals surface area contributed by atoms with Crippen LogP contribution in [-0.2, 0) is 11.9 Å². The first-order valence-electron chi connectivity index (χ1n) is 2.91. The van der Waals surface area contributed by atoms with Crippen LogP contribution in [0.2, 0.25) is 0 Å². The fourth-order valence-electron chi connectivity index (χ4n) is 0.304. The second-order valence-electron chi connectivity index (χ2n) is 1.46. The van der Waals surface area contributed by atoms with E-state index in [4.69, 9.17) is 11.9 Å². The molecule has 0 fully saturated rings.